The Balaban J connectivity index is 2.26. The molecule has 1 aliphatic rings. The topological polar surface area (TPSA) is 55.6 Å². The van der Waals surface area contributed by atoms with Crippen LogP contribution in [0.3, 0.4) is 0 Å². The molecule has 1 fully saturated rings. The van der Waals surface area contributed by atoms with Crippen LogP contribution < -0.4 is 10.6 Å². The molecule has 2 N–H and O–H groups in total. The molecule has 1 heterocycles. The van der Waals surface area contributed by atoms with Gasteiger partial charge in [-0.1, -0.05) is 0 Å². The Morgan fingerprint density at radius 3 is 2.79 bits per heavy atom. The smallest absolute Gasteiger partial charge is 0.350 e. The van der Waals surface area contributed by atoms with E-state index >= 15 is 0 Å². The summed E-state index contributed by atoms with van der Waals surface area (Å²) in [5.41, 5.74) is 6.66. The third kappa shape index (κ3) is 3.17. The summed E-state index contributed by atoms with van der Waals surface area (Å²) in [5.74, 6) is 0.487. The highest BCUT2D eigenvalue weighted by Crippen LogP contribution is 2.44. The average Bonchev–Trinajstić information content (AvgIpc) is 3.11. The largest absolute Gasteiger partial charge is 0.462 e. The first-order valence-corrected chi connectivity index (χ1v) is 8.47. The molecule has 0 saturated heterocycles. The molecular weight excluding hydrogens is 280 g/mol. The molecule has 0 radical (unpaired) electrons. The standard InChI is InChI=1S/C13H20N2O2S2/c1-4-17-13(16)11-9(14)10(18-3)12(19-11)15(2)7-8-5-6-8/h8H,4-7,14H2,1-3H3. The fourth-order valence-corrected chi connectivity index (χ4v) is 4.06. The minimum absolute atomic E-state index is 0.314. The molecule has 0 amide bonds. The molecule has 1 aromatic rings. The van der Waals surface area contributed by atoms with E-state index in [9.17, 15) is 4.79 Å². The molecule has 0 aliphatic heterocycles. The Morgan fingerprint density at radius 2 is 2.26 bits per heavy atom. The molecule has 4 nitrogen and oxygen atoms in total. The first-order chi connectivity index (χ1) is 9.08. The maximum absolute atomic E-state index is 11.9. The van der Waals surface area contributed by atoms with Crippen LogP contribution in [0.2, 0.25) is 0 Å². The Kier molecular flexibility index (Phi) is 4.62. The fraction of sp³-hybridized carbons (Fsp3) is 0.615. The number of ether oxygens (including phenoxy) is 1. The van der Waals surface area contributed by atoms with Gasteiger partial charge in [-0.05, 0) is 31.9 Å². The molecule has 6 heteroatoms. The molecule has 0 atom stereocenters. The molecular formula is C13H20N2O2S2. The Bertz CT molecular complexity index is 469. The molecule has 0 spiro atoms. The van der Waals surface area contributed by atoms with Gasteiger partial charge in [0.05, 0.1) is 17.2 Å². The van der Waals surface area contributed by atoms with Crippen LogP contribution in [0, 0.1) is 5.92 Å². The number of thioether (sulfide) groups is 1. The van der Waals surface area contributed by atoms with E-state index in [4.69, 9.17) is 10.5 Å². The number of carbonyl (C=O) groups excluding carboxylic acids is 1. The summed E-state index contributed by atoms with van der Waals surface area (Å²) < 4.78 is 5.06. The van der Waals surface area contributed by atoms with Crippen LogP contribution in [-0.4, -0.2) is 32.4 Å². The van der Waals surface area contributed by atoms with E-state index in [1.54, 1.807) is 18.7 Å². The summed E-state index contributed by atoms with van der Waals surface area (Å²) in [7, 11) is 2.07. The number of thiophene rings is 1. The van der Waals surface area contributed by atoms with Crippen molar-refractivity contribution in [2.45, 2.75) is 24.7 Å². The molecule has 1 aromatic heterocycles. The zero-order chi connectivity index (χ0) is 14.0. The van der Waals surface area contributed by atoms with Gasteiger partial charge in [0.15, 0.2) is 0 Å². The van der Waals surface area contributed by atoms with Crippen molar-refractivity contribution >= 4 is 39.8 Å². The first-order valence-electron chi connectivity index (χ1n) is 6.43. The van der Waals surface area contributed by atoms with Gasteiger partial charge in [-0.2, -0.15) is 0 Å². The van der Waals surface area contributed by atoms with Gasteiger partial charge in [0.1, 0.15) is 9.88 Å². The number of anilines is 2. The molecule has 1 aliphatic carbocycles. The molecule has 106 valence electrons. The number of nitrogens with zero attached hydrogens (tertiary/aromatic N) is 1. The van der Waals surface area contributed by atoms with Gasteiger partial charge in [0.25, 0.3) is 0 Å². The van der Waals surface area contributed by atoms with Crippen LogP contribution in [0.15, 0.2) is 4.90 Å². The summed E-state index contributed by atoms with van der Waals surface area (Å²) in [6, 6.07) is 0. The van der Waals surface area contributed by atoms with Crippen LogP contribution in [0.5, 0.6) is 0 Å². The molecule has 2 rings (SSSR count). The summed E-state index contributed by atoms with van der Waals surface area (Å²) in [6.45, 7) is 3.21. The molecule has 0 bridgehead atoms. The van der Waals surface area contributed by atoms with E-state index in [1.165, 1.54) is 24.2 Å². The highest BCUT2D eigenvalue weighted by atomic mass is 32.2. The molecule has 19 heavy (non-hydrogen) atoms. The Hall–Kier alpha value is -0.880. The second-order valence-electron chi connectivity index (χ2n) is 4.73. The summed E-state index contributed by atoms with van der Waals surface area (Å²) in [4.78, 5) is 15.6. The van der Waals surface area contributed by atoms with Crippen LogP contribution in [0.4, 0.5) is 10.7 Å². The van der Waals surface area contributed by atoms with E-state index in [-0.39, 0.29) is 5.97 Å². The van der Waals surface area contributed by atoms with Crippen molar-refractivity contribution < 1.29 is 9.53 Å². The number of nitrogens with two attached hydrogens (primary N) is 1. The van der Waals surface area contributed by atoms with Crippen LogP contribution in [0.1, 0.15) is 29.4 Å². The summed E-state index contributed by atoms with van der Waals surface area (Å²) in [5, 5.41) is 1.08. The van der Waals surface area contributed by atoms with Gasteiger partial charge in [-0.25, -0.2) is 4.79 Å². The lowest BCUT2D eigenvalue weighted by Crippen LogP contribution is -2.19. The first kappa shape index (κ1) is 14.5. The molecule has 0 unspecified atom stereocenters. The zero-order valence-corrected chi connectivity index (χ0v) is 13.2. The molecule has 1 saturated carbocycles. The Labute approximate surface area is 122 Å². The van der Waals surface area contributed by atoms with E-state index in [1.807, 2.05) is 6.26 Å². The number of hydrogen-bond donors (Lipinski definition) is 1. The minimum Gasteiger partial charge on any atom is -0.462 e. The fourth-order valence-electron chi connectivity index (χ4n) is 1.98. The van der Waals surface area contributed by atoms with Gasteiger partial charge < -0.3 is 15.4 Å². The van der Waals surface area contributed by atoms with E-state index in [0.717, 1.165) is 22.4 Å². The zero-order valence-electron chi connectivity index (χ0n) is 11.6. The van der Waals surface area contributed by atoms with Crippen molar-refractivity contribution in [2.24, 2.45) is 5.92 Å². The van der Waals surface area contributed by atoms with Crippen molar-refractivity contribution in [1.29, 1.82) is 0 Å². The number of hydrogen-bond acceptors (Lipinski definition) is 6. The van der Waals surface area contributed by atoms with Gasteiger partial charge >= 0.3 is 5.97 Å². The minimum atomic E-state index is -0.314. The van der Waals surface area contributed by atoms with Crippen molar-refractivity contribution in [3.63, 3.8) is 0 Å². The second kappa shape index (κ2) is 6.05. The van der Waals surface area contributed by atoms with Crippen molar-refractivity contribution in [1.82, 2.24) is 0 Å². The number of nitrogen functional groups attached to an aromatic ring is 1. The highest BCUT2D eigenvalue weighted by Gasteiger charge is 2.27. The van der Waals surface area contributed by atoms with Gasteiger partial charge in [0, 0.05) is 13.6 Å². The maximum atomic E-state index is 11.9. The molecule has 0 aromatic carbocycles. The lowest BCUT2D eigenvalue weighted by molar-refractivity contribution is 0.0533. The monoisotopic (exact) mass is 300 g/mol. The Morgan fingerprint density at radius 1 is 1.58 bits per heavy atom. The highest BCUT2D eigenvalue weighted by molar-refractivity contribution is 7.99. The van der Waals surface area contributed by atoms with Crippen LogP contribution in [-0.2, 0) is 4.74 Å². The second-order valence-corrected chi connectivity index (χ2v) is 6.54. The third-order valence-electron chi connectivity index (χ3n) is 3.12. The third-order valence-corrected chi connectivity index (χ3v) is 5.37. The lowest BCUT2D eigenvalue weighted by Gasteiger charge is -2.18. The average molecular weight is 300 g/mol. The predicted molar refractivity (Wildman–Crippen MR) is 82.5 cm³/mol. The SMILES string of the molecule is CCOC(=O)c1sc(N(C)CC2CC2)c(SC)c1N. The normalized spacial score (nSPS) is 14.5. The van der Waals surface area contributed by atoms with Crippen molar-refractivity contribution in [3.05, 3.63) is 4.88 Å². The van der Waals surface area contributed by atoms with Crippen LogP contribution >= 0.6 is 23.1 Å². The number of esters is 1. The van der Waals surface area contributed by atoms with E-state index in [2.05, 4.69) is 11.9 Å². The van der Waals surface area contributed by atoms with E-state index < -0.39 is 0 Å². The maximum Gasteiger partial charge on any atom is 0.350 e. The summed E-state index contributed by atoms with van der Waals surface area (Å²) >= 11 is 3.03. The van der Waals surface area contributed by atoms with Crippen molar-refractivity contribution in [3.8, 4) is 0 Å². The van der Waals surface area contributed by atoms with Gasteiger partial charge in [-0.3, -0.25) is 0 Å². The van der Waals surface area contributed by atoms with Crippen LogP contribution in [0.25, 0.3) is 0 Å². The predicted octanol–water partition coefficient (Wildman–Crippen LogP) is 3.08. The number of carbonyl (C=O) groups is 1. The quantitative estimate of drug-likeness (QED) is 0.646. The van der Waals surface area contributed by atoms with E-state index in [0.29, 0.717) is 17.2 Å². The lowest BCUT2D eigenvalue weighted by atomic mass is 10.3. The van der Waals surface area contributed by atoms with Gasteiger partial charge in [-0.15, -0.1) is 23.1 Å². The van der Waals surface area contributed by atoms with Crippen molar-refractivity contribution in [2.75, 3.05) is 37.1 Å². The van der Waals surface area contributed by atoms with Gasteiger partial charge in [0.2, 0.25) is 0 Å². The summed E-state index contributed by atoms with van der Waals surface area (Å²) in [6.07, 6.45) is 4.61. The number of rotatable bonds is 6.